The summed E-state index contributed by atoms with van der Waals surface area (Å²) >= 11 is 23.2. The van der Waals surface area contributed by atoms with Gasteiger partial charge in [0.25, 0.3) is 11.8 Å². The standard InChI is InChI=1S/C28H19BrCl3F3N2O6/c29-11-36-24(41)26(31)10-18-15(6-7-16-20(18)23(40)37(22(16)39)13-3-1-12(30)2-4-13)21(27(26,32)25(36)42)17-9-14(5-8-19(17)38)43-28(33,34)35/h1-6,8-9,16,18,20-21,38H,7,10-11H2/t16-,18+,20-,21+,26+,27-/m0/s1. The van der Waals surface area contributed by atoms with E-state index in [1.165, 1.54) is 24.3 Å². The molecule has 3 fully saturated rings. The summed E-state index contributed by atoms with van der Waals surface area (Å²) in [5.41, 5.74) is 0.0205. The first-order valence-corrected chi connectivity index (χ1v) is 15.1. The van der Waals surface area contributed by atoms with Gasteiger partial charge in [0.05, 0.1) is 23.0 Å². The Kier molecular flexibility index (Phi) is 7.11. The number of phenols is 1. The molecular formula is C28H19BrCl3F3N2O6. The Morgan fingerprint density at radius 2 is 1.67 bits per heavy atom. The van der Waals surface area contributed by atoms with Crippen LogP contribution in [0.2, 0.25) is 5.02 Å². The Bertz CT molecular complexity index is 1620. The summed E-state index contributed by atoms with van der Waals surface area (Å²) in [5, 5.41) is 11.3. The molecule has 43 heavy (non-hydrogen) atoms. The number of imide groups is 2. The average molecular weight is 723 g/mol. The summed E-state index contributed by atoms with van der Waals surface area (Å²) in [4.78, 5) is 52.3. The van der Waals surface area contributed by atoms with Crippen molar-refractivity contribution in [3.8, 4) is 11.5 Å². The molecule has 0 unspecified atom stereocenters. The zero-order valence-electron chi connectivity index (χ0n) is 21.6. The van der Waals surface area contributed by atoms with Gasteiger partial charge < -0.3 is 9.84 Å². The van der Waals surface area contributed by atoms with Crippen molar-refractivity contribution in [1.29, 1.82) is 0 Å². The first-order valence-electron chi connectivity index (χ1n) is 12.9. The first kappa shape index (κ1) is 30.2. The number of anilines is 1. The third-order valence-electron chi connectivity index (χ3n) is 8.64. The highest BCUT2D eigenvalue weighted by Gasteiger charge is 2.76. The number of allylic oxidation sites excluding steroid dienone is 2. The fraction of sp³-hybridized carbons (Fsp3) is 0.357. The number of benzene rings is 2. The smallest absolute Gasteiger partial charge is 0.508 e. The number of rotatable bonds is 4. The second-order valence-electron chi connectivity index (χ2n) is 10.7. The molecule has 0 radical (unpaired) electrons. The van der Waals surface area contributed by atoms with Crippen molar-refractivity contribution in [1.82, 2.24) is 4.90 Å². The lowest BCUT2D eigenvalue weighted by atomic mass is 9.56. The van der Waals surface area contributed by atoms with Crippen molar-refractivity contribution in [3.63, 3.8) is 0 Å². The molecule has 2 aliphatic carbocycles. The number of ether oxygens (including phenoxy) is 1. The maximum Gasteiger partial charge on any atom is 0.573 e. The summed E-state index contributed by atoms with van der Waals surface area (Å²) in [6, 6.07) is 8.76. The highest BCUT2D eigenvalue weighted by atomic mass is 79.9. The zero-order valence-corrected chi connectivity index (χ0v) is 25.4. The van der Waals surface area contributed by atoms with Crippen LogP contribution in [0.3, 0.4) is 0 Å². The largest absolute Gasteiger partial charge is 0.573 e. The number of likely N-dealkylation sites (tertiary alicyclic amines) is 1. The number of fused-ring (bicyclic) bond motifs is 4. The fourth-order valence-corrected chi connectivity index (χ4v) is 8.45. The summed E-state index contributed by atoms with van der Waals surface area (Å²) in [6.07, 6.45) is -3.79. The highest BCUT2D eigenvalue weighted by Crippen LogP contribution is 2.66. The summed E-state index contributed by atoms with van der Waals surface area (Å²) < 4.78 is 43.5. The Morgan fingerprint density at radius 1 is 1.00 bits per heavy atom. The number of carbonyl (C=O) groups excluding carboxylic acids is 4. The van der Waals surface area contributed by atoms with Crippen LogP contribution in [0.25, 0.3) is 0 Å². The topological polar surface area (TPSA) is 104 Å². The van der Waals surface area contributed by atoms with E-state index in [0.29, 0.717) is 10.6 Å². The van der Waals surface area contributed by atoms with E-state index in [2.05, 4.69) is 20.7 Å². The molecule has 0 spiro atoms. The van der Waals surface area contributed by atoms with Gasteiger partial charge in [0.2, 0.25) is 11.8 Å². The molecule has 2 heterocycles. The highest BCUT2D eigenvalue weighted by molar-refractivity contribution is 9.09. The second-order valence-corrected chi connectivity index (χ2v) is 12.9. The summed E-state index contributed by atoms with van der Waals surface area (Å²) in [7, 11) is 0. The van der Waals surface area contributed by atoms with Gasteiger partial charge in [0.15, 0.2) is 9.75 Å². The number of nitrogens with zero attached hydrogens (tertiary/aromatic N) is 2. The first-order chi connectivity index (χ1) is 20.1. The molecular weight excluding hydrogens is 704 g/mol. The summed E-state index contributed by atoms with van der Waals surface area (Å²) in [5.74, 6) is -8.47. The van der Waals surface area contributed by atoms with Gasteiger partial charge in [0.1, 0.15) is 11.5 Å². The minimum atomic E-state index is -5.08. The predicted molar refractivity (Wildman–Crippen MR) is 152 cm³/mol. The number of amides is 4. The van der Waals surface area contributed by atoms with Gasteiger partial charge in [0, 0.05) is 16.5 Å². The molecule has 4 aliphatic rings. The molecule has 6 rings (SSSR count). The second kappa shape index (κ2) is 10.1. The monoisotopic (exact) mass is 720 g/mol. The van der Waals surface area contributed by atoms with Crippen molar-refractivity contribution < 1.29 is 42.2 Å². The van der Waals surface area contributed by atoms with Gasteiger partial charge in [-0.3, -0.25) is 29.0 Å². The Balaban J connectivity index is 1.53. The van der Waals surface area contributed by atoms with E-state index in [0.717, 1.165) is 28.0 Å². The van der Waals surface area contributed by atoms with E-state index in [1.807, 2.05) is 0 Å². The van der Waals surface area contributed by atoms with Gasteiger partial charge in [-0.15, -0.1) is 36.4 Å². The van der Waals surface area contributed by atoms with Crippen molar-refractivity contribution in [3.05, 3.63) is 64.7 Å². The third kappa shape index (κ3) is 4.31. The molecule has 6 atom stereocenters. The van der Waals surface area contributed by atoms with Crippen LogP contribution in [0.1, 0.15) is 24.3 Å². The molecule has 2 saturated heterocycles. The molecule has 226 valence electrons. The van der Waals surface area contributed by atoms with E-state index in [1.54, 1.807) is 6.08 Å². The molecule has 4 amide bonds. The molecule has 2 aromatic rings. The molecule has 0 aromatic heterocycles. The SMILES string of the molecule is O=C1[C@H]2[C@H](CC=C3[C@H]2C[C@@]2(Cl)C(=O)N(CBr)C(=O)[C@@]2(Cl)[C@H]3c2cc(OC(F)(F)F)ccc2O)C(=O)N1c1ccc(Cl)cc1. The van der Waals surface area contributed by atoms with Gasteiger partial charge in [-0.2, -0.15) is 0 Å². The van der Waals surface area contributed by atoms with Crippen LogP contribution < -0.4 is 9.64 Å². The Labute approximate surface area is 265 Å². The lowest BCUT2D eigenvalue weighted by Gasteiger charge is -2.50. The molecule has 15 heteroatoms. The van der Waals surface area contributed by atoms with Crippen LogP contribution in [0.5, 0.6) is 11.5 Å². The quantitative estimate of drug-likeness (QED) is 0.184. The van der Waals surface area contributed by atoms with Crippen molar-refractivity contribution in [2.45, 2.75) is 34.9 Å². The molecule has 2 aromatic carbocycles. The molecule has 2 aliphatic heterocycles. The van der Waals surface area contributed by atoms with Crippen LogP contribution in [0.15, 0.2) is 54.1 Å². The molecule has 1 saturated carbocycles. The van der Waals surface area contributed by atoms with Gasteiger partial charge in [-0.1, -0.05) is 39.2 Å². The predicted octanol–water partition coefficient (Wildman–Crippen LogP) is 5.86. The minimum absolute atomic E-state index is 0.0215. The van der Waals surface area contributed by atoms with E-state index < -0.39 is 74.9 Å². The zero-order chi connectivity index (χ0) is 31.2. The van der Waals surface area contributed by atoms with E-state index in [4.69, 9.17) is 34.8 Å². The van der Waals surface area contributed by atoms with Crippen LogP contribution in [0.4, 0.5) is 18.9 Å². The van der Waals surface area contributed by atoms with E-state index >= 15 is 0 Å². The Morgan fingerprint density at radius 3 is 2.30 bits per heavy atom. The van der Waals surface area contributed by atoms with E-state index in [9.17, 15) is 37.5 Å². The maximum absolute atomic E-state index is 14.0. The number of hydrogen-bond acceptors (Lipinski definition) is 6. The van der Waals surface area contributed by atoms with Gasteiger partial charge in [-0.05, 0) is 61.2 Å². The van der Waals surface area contributed by atoms with Crippen LogP contribution >= 0.6 is 50.7 Å². The van der Waals surface area contributed by atoms with Crippen molar-refractivity contribution in [2.75, 3.05) is 10.4 Å². The van der Waals surface area contributed by atoms with E-state index in [-0.39, 0.29) is 29.5 Å². The average Bonchev–Trinajstić information content (AvgIpc) is 3.27. The normalized spacial score (nSPS) is 32.0. The minimum Gasteiger partial charge on any atom is -0.508 e. The van der Waals surface area contributed by atoms with Crippen LogP contribution in [-0.2, 0) is 19.2 Å². The molecule has 0 bridgehead atoms. The summed E-state index contributed by atoms with van der Waals surface area (Å²) in [6.45, 7) is 0. The van der Waals surface area contributed by atoms with Crippen molar-refractivity contribution >= 4 is 80.0 Å². The van der Waals surface area contributed by atoms with Gasteiger partial charge in [-0.25, -0.2) is 0 Å². The lowest BCUT2D eigenvalue weighted by Crippen LogP contribution is -2.60. The number of phenolic OH excluding ortho intramolecular Hbond substituents is 1. The maximum atomic E-state index is 14.0. The lowest BCUT2D eigenvalue weighted by molar-refractivity contribution is -0.274. The number of hydrogen-bond donors (Lipinski definition) is 1. The number of halogens is 7. The third-order valence-corrected chi connectivity index (χ3v) is 10.8. The number of aromatic hydroxyl groups is 1. The van der Waals surface area contributed by atoms with Crippen LogP contribution in [-0.4, -0.2) is 55.2 Å². The number of alkyl halides is 6. The number of carbonyl (C=O) groups is 4. The van der Waals surface area contributed by atoms with Gasteiger partial charge >= 0.3 is 6.36 Å². The van der Waals surface area contributed by atoms with Crippen LogP contribution in [0, 0.1) is 17.8 Å². The fourth-order valence-electron chi connectivity index (χ4n) is 6.90. The van der Waals surface area contributed by atoms with Crippen molar-refractivity contribution in [2.24, 2.45) is 17.8 Å². The molecule has 8 nitrogen and oxygen atoms in total. The molecule has 1 N–H and O–H groups in total. The Hall–Kier alpha value is -2.80.